The minimum Gasteiger partial charge on any atom is -0.343 e. The molecule has 2 atom stereocenters. The largest absolute Gasteiger partial charge is 0.343 e. The molecular weight excluding hydrogens is 363 g/mol. The van der Waals surface area contributed by atoms with Gasteiger partial charge in [-0.05, 0) is 66.8 Å². The van der Waals surface area contributed by atoms with Crippen LogP contribution in [0.3, 0.4) is 0 Å². The maximum atomic E-state index is 6.10. The number of halogens is 2. The van der Waals surface area contributed by atoms with Crippen molar-refractivity contribution in [3.8, 4) is 0 Å². The Hall–Kier alpha value is -2.03. The number of aromatic nitrogens is 1. The van der Waals surface area contributed by atoms with Crippen LogP contribution in [0.25, 0.3) is 0 Å². The minimum atomic E-state index is 0.275. The number of rotatable bonds is 3. The zero-order valence-electron chi connectivity index (χ0n) is 14.4. The first kappa shape index (κ1) is 17.4. The number of hydrogen-bond donors (Lipinski definition) is 0. The SMILES string of the molecule is Clc1ccc(C2CCCC(c3ccc(Cl)cc3)N2c2ccccn2)cc1. The number of hydrogen-bond acceptors (Lipinski definition) is 2. The fraction of sp³-hybridized carbons (Fsp3) is 0.227. The first-order chi connectivity index (χ1) is 12.7. The van der Waals surface area contributed by atoms with Crippen LogP contribution in [0.5, 0.6) is 0 Å². The molecular formula is C22H20Cl2N2. The van der Waals surface area contributed by atoms with Crippen molar-refractivity contribution in [2.45, 2.75) is 31.3 Å². The number of nitrogens with zero attached hydrogens (tertiary/aromatic N) is 2. The molecule has 2 heterocycles. The highest BCUT2D eigenvalue weighted by molar-refractivity contribution is 6.30. The first-order valence-electron chi connectivity index (χ1n) is 8.93. The molecule has 4 rings (SSSR count). The molecule has 1 aromatic heterocycles. The number of benzene rings is 2. The van der Waals surface area contributed by atoms with Crippen molar-refractivity contribution in [1.29, 1.82) is 0 Å². The molecule has 3 aromatic rings. The third kappa shape index (κ3) is 3.58. The van der Waals surface area contributed by atoms with Gasteiger partial charge < -0.3 is 4.90 Å². The van der Waals surface area contributed by atoms with Crippen LogP contribution in [-0.4, -0.2) is 4.98 Å². The molecule has 2 aromatic carbocycles. The van der Waals surface area contributed by atoms with E-state index in [-0.39, 0.29) is 12.1 Å². The summed E-state index contributed by atoms with van der Waals surface area (Å²) in [6.07, 6.45) is 5.23. The molecule has 4 heteroatoms. The fourth-order valence-corrected chi connectivity index (χ4v) is 4.10. The zero-order valence-corrected chi connectivity index (χ0v) is 15.9. The number of piperidine rings is 1. The van der Waals surface area contributed by atoms with Crippen LogP contribution >= 0.6 is 23.2 Å². The van der Waals surface area contributed by atoms with Crippen LogP contribution < -0.4 is 4.90 Å². The van der Waals surface area contributed by atoms with E-state index < -0.39 is 0 Å². The van der Waals surface area contributed by atoms with E-state index in [9.17, 15) is 0 Å². The molecule has 1 aliphatic rings. The third-order valence-corrected chi connectivity index (χ3v) is 5.55. The Morgan fingerprint density at radius 2 is 1.27 bits per heavy atom. The summed E-state index contributed by atoms with van der Waals surface area (Å²) in [7, 11) is 0. The quantitative estimate of drug-likeness (QED) is 0.491. The molecule has 2 unspecified atom stereocenters. The first-order valence-corrected chi connectivity index (χ1v) is 9.68. The van der Waals surface area contributed by atoms with E-state index in [2.05, 4.69) is 46.3 Å². The van der Waals surface area contributed by atoms with Gasteiger partial charge in [-0.25, -0.2) is 4.98 Å². The highest BCUT2D eigenvalue weighted by atomic mass is 35.5. The van der Waals surface area contributed by atoms with Crippen LogP contribution in [0.2, 0.25) is 10.0 Å². The predicted molar refractivity (Wildman–Crippen MR) is 109 cm³/mol. The zero-order chi connectivity index (χ0) is 17.9. The second kappa shape index (κ2) is 7.69. The maximum absolute atomic E-state index is 6.10. The van der Waals surface area contributed by atoms with Crippen LogP contribution in [0.1, 0.15) is 42.5 Å². The number of anilines is 1. The Kier molecular flexibility index (Phi) is 5.14. The van der Waals surface area contributed by atoms with E-state index >= 15 is 0 Å². The van der Waals surface area contributed by atoms with Crippen molar-refractivity contribution in [3.05, 3.63) is 94.1 Å². The Morgan fingerprint density at radius 1 is 0.731 bits per heavy atom. The summed E-state index contributed by atoms with van der Waals surface area (Å²) < 4.78 is 0. The molecule has 0 N–H and O–H groups in total. The lowest BCUT2D eigenvalue weighted by atomic mass is 9.87. The highest BCUT2D eigenvalue weighted by Gasteiger charge is 2.33. The smallest absolute Gasteiger partial charge is 0.129 e. The van der Waals surface area contributed by atoms with E-state index in [1.807, 2.05) is 36.5 Å². The van der Waals surface area contributed by atoms with E-state index in [4.69, 9.17) is 23.2 Å². The summed E-state index contributed by atoms with van der Waals surface area (Å²) in [5.41, 5.74) is 2.55. The topological polar surface area (TPSA) is 16.1 Å². The second-order valence-corrected chi connectivity index (χ2v) is 7.53. The lowest BCUT2D eigenvalue weighted by Gasteiger charge is -2.43. The van der Waals surface area contributed by atoms with Crippen molar-refractivity contribution in [2.75, 3.05) is 4.90 Å². The van der Waals surface area contributed by atoms with E-state index in [1.54, 1.807) is 0 Å². The Bertz CT molecular complexity index is 794. The molecule has 1 aliphatic heterocycles. The van der Waals surface area contributed by atoms with Gasteiger partial charge in [0.2, 0.25) is 0 Å². The van der Waals surface area contributed by atoms with Gasteiger partial charge in [-0.3, -0.25) is 0 Å². The third-order valence-electron chi connectivity index (χ3n) is 5.05. The van der Waals surface area contributed by atoms with Crippen LogP contribution in [0, 0.1) is 0 Å². The molecule has 0 spiro atoms. The molecule has 0 amide bonds. The van der Waals surface area contributed by atoms with Gasteiger partial charge in [0.1, 0.15) is 5.82 Å². The van der Waals surface area contributed by atoms with Crippen LogP contribution in [0.15, 0.2) is 72.9 Å². The average Bonchev–Trinajstić information content (AvgIpc) is 2.69. The Morgan fingerprint density at radius 3 is 1.73 bits per heavy atom. The van der Waals surface area contributed by atoms with Crippen molar-refractivity contribution >= 4 is 29.0 Å². The van der Waals surface area contributed by atoms with Crippen molar-refractivity contribution in [1.82, 2.24) is 4.98 Å². The summed E-state index contributed by atoms with van der Waals surface area (Å²) in [4.78, 5) is 7.12. The van der Waals surface area contributed by atoms with Crippen molar-refractivity contribution in [2.24, 2.45) is 0 Å². The van der Waals surface area contributed by atoms with Gasteiger partial charge in [-0.2, -0.15) is 0 Å². The van der Waals surface area contributed by atoms with Crippen LogP contribution in [0.4, 0.5) is 5.82 Å². The van der Waals surface area contributed by atoms with Crippen molar-refractivity contribution < 1.29 is 0 Å². The minimum absolute atomic E-state index is 0.275. The molecule has 1 saturated heterocycles. The van der Waals surface area contributed by atoms with Crippen molar-refractivity contribution in [3.63, 3.8) is 0 Å². The van der Waals surface area contributed by atoms with Crippen LogP contribution in [-0.2, 0) is 0 Å². The monoisotopic (exact) mass is 382 g/mol. The van der Waals surface area contributed by atoms with Gasteiger partial charge in [0.15, 0.2) is 0 Å². The lowest BCUT2D eigenvalue weighted by Crippen LogP contribution is -2.37. The lowest BCUT2D eigenvalue weighted by molar-refractivity contribution is 0.391. The summed E-state index contributed by atoms with van der Waals surface area (Å²) >= 11 is 12.2. The standard InChI is InChI=1S/C22H20Cl2N2/c23-18-11-7-16(8-12-18)20-4-3-5-21(17-9-13-19(24)14-10-17)26(20)22-6-1-2-15-25-22/h1-2,6-15,20-21H,3-5H2. The summed E-state index contributed by atoms with van der Waals surface area (Å²) in [6.45, 7) is 0. The van der Waals surface area contributed by atoms with Gasteiger partial charge in [0.05, 0.1) is 12.1 Å². The Labute approximate surface area is 164 Å². The average molecular weight is 383 g/mol. The summed E-state index contributed by atoms with van der Waals surface area (Å²) in [5, 5.41) is 1.53. The fourth-order valence-electron chi connectivity index (χ4n) is 3.85. The van der Waals surface area contributed by atoms with E-state index in [0.717, 1.165) is 28.7 Å². The molecule has 0 radical (unpaired) electrons. The maximum Gasteiger partial charge on any atom is 0.129 e. The van der Waals surface area contributed by atoms with Gasteiger partial charge in [0.25, 0.3) is 0 Å². The molecule has 0 saturated carbocycles. The van der Waals surface area contributed by atoms with E-state index in [0.29, 0.717) is 0 Å². The van der Waals surface area contributed by atoms with Gasteiger partial charge in [-0.1, -0.05) is 53.5 Å². The molecule has 1 fully saturated rings. The van der Waals surface area contributed by atoms with Gasteiger partial charge in [0, 0.05) is 16.2 Å². The molecule has 26 heavy (non-hydrogen) atoms. The highest BCUT2D eigenvalue weighted by Crippen LogP contribution is 2.44. The molecule has 2 nitrogen and oxygen atoms in total. The molecule has 0 bridgehead atoms. The summed E-state index contributed by atoms with van der Waals surface area (Å²) in [5.74, 6) is 1.01. The number of pyridine rings is 1. The molecule has 132 valence electrons. The van der Waals surface area contributed by atoms with Gasteiger partial charge in [-0.15, -0.1) is 0 Å². The molecule has 0 aliphatic carbocycles. The normalized spacial score (nSPS) is 20.2. The van der Waals surface area contributed by atoms with E-state index in [1.165, 1.54) is 17.5 Å². The predicted octanol–water partition coefficient (Wildman–Crippen LogP) is 6.86. The second-order valence-electron chi connectivity index (χ2n) is 6.66. The summed E-state index contributed by atoms with van der Waals surface area (Å²) in [6, 6.07) is 23.1. The van der Waals surface area contributed by atoms with Gasteiger partial charge >= 0.3 is 0 Å². The Balaban J connectivity index is 1.77.